The summed E-state index contributed by atoms with van der Waals surface area (Å²) in [4.78, 5) is 16.1. The maximum Gasteiger partial charge on any atom is 0.251 e. The Kier molecular flexibility index (Phi) is 4.85. The molecule has 1 aliphatic rings. The van der Waals surface area contributed by atoms with Crippen molar-refractivity contribution in [3.63, 3.8) is 0 Å². The van der Waals surface area contributed by atoms with Crippen molar-refractivity contribution in [3.8, 4) is 5.88 Å². The summed E-state index contributed by atoms with van der Waals surface area (Å²) in [5, 5.41) is 3.18. The van der Waals surface area contributed by atoms with E-state index in [-0.39, 0.29) is 23.3 Å². The smallest absolute Gasteiger partial charge is 0.251 e. The number of Topliss-reactive ketones (excluding diaryl/α,β-unsaturated/α-hetero) is 1. The van der Waals surface area contributed by atoms with Gasteiger partial charge in [0.25, 0.3) is 5.88 Å². The molecule has 104 valence electrons. The molecule has 1 saturated heterocycles. The molecule has 0 radical (unpaired) electrons. The largest absolute Gasteiger partial charge is 0.476 e. The van der Waals surface area contributed by atoms with Gasteiger partial charge in [0.2, 0.25) is 0 Å². The molecular formula is C14H19FN2O2. The first kappa shape index (κ1) is 13.9. The number of pyridine rings is 1. The van der Waals surface area contributed by atoms with E-state index in [0.717, 1.165) is 32.2 Å². The van der Waals surface area contributed by atoms with E-state index in [4.69, 9.17) is 4.74 Å². The second-order valence-corrected chi connectivity index (χ2v) is 4.63. The summed E-state index contributed by atoms with van der Waals surface area (Å²) < 4.78 is 19.2. The SMILES string of the molecule is CCOc1nccc(C(=O)C2CCCCCN2)c1F. The van der Waals surface area contributed by atoms with Crippen molar-refractivity contribution in [2.45, 2.75) is 38.6 Å². The van der Waals surface area contributed by atoms with Crippen molar-refractivity contribution >= 4 is 5.78 Å². The monoisotopic (exact) mass is 266 g/mol. The Balaban J connectivity index is 2.20. The zero-order valence-electron chi connectivity index (χ0n) is 11.1. The minimum atomic E-state index is -0.652. The number of hydrogen-bond acceptors (Lipinski definition) is 4. The molecule has 0 bridgehead atoms. The summed E-state index contributed by atoms with van der Waals surface area (Å²) in [6.07, 6.45) is 5.34. The molecular weight excluding hydrogens is 247 g/mol. The summed E-state index contributed by atoms with van der Waals surface area (Å²) in [7, 11) is 0. The number of nitrogens with one attached hydrogen (secondary N) is 1. The molecule has 1 fully saturated rings. The van der Waals surface area contributed by atoms with Gasteiger partial charge in [0.15, 0.2) is 11.6 Å². The van der Waals surface area contributed by atoms with E-state index in [1.807, 2.05) is 0 Å². The van der Waals surface area contributed by atoms with Crippen molar-refractivity contribution in [3.05, 3.63) is 23.6 Å². The van der Waals surface area contributed by atoms with Gasteiger partial charge in [0.05, 0.1) is 18.2 Å². The fraction of sp³-hybridized carbons (Fsp3) is 0.571. The van der Waals surface area contributed by atoms with E-state index < -0.39 is 5.82 Å². The van der Waals surface area contributed by atoms with Gasteiger partial charge in [-0.1, -0.05) is 12.8 Å². The quantitative estimate of drug-likeness (QED) is 0.850. The van der Waals surface area contributed by atoms with E-state index in [9.17, 15) is 9.18 Å². The second-order valence-electron chi connectivity index (χ2n) is 4.63. The minimum Gasteiger partial charge on any atom is -0.476 e. The predicted octanol–water partition coefficient (Wildman–Crippen LogP) is 2.33. The van der Waals surface area contributed by atoms with Crippen molar-refractivity contribution in [1.29, 1.82) is 0 Å². The van der Waals surface area contributed by atoms with Crippen LogP contribution in [0.25, 0.3) is 0 Å². The van der Waals surface area contributed by atoms with Crippen LogP contribution in [0.15, 0.2) is 12.3 Å². The number of nitrogens with zero attached hydrogens (tertiary/aromatic N) is 1. The number of hydrogen-bond donors (Lipinski definition) is 1. The molecule has 0 amide bonds. The molecule has 0 aliphatic carbocycles. The topological polar surface area (TPSA) is 51.2 Å². The van der Waals surface area contributed by atoms with Crippen LogP contribution in [-0.2, 0) is 0 Å². The van der Waals surface area contributed by atoms with Crippen LogP contribution >= 0.6 is 0 Å². The molecule has 0 saturated carbocycles. The van der Waals surface area contributed by atoms with Crippen LogP contribution in [0.1, 0.15) is 43.0 Å². The first-order valence-electron chi connectivity index (χ1n) is 6.79. The number of carbonyl (C=O) groups excluding carboxylic acids is 1. The number of halogens is 1. The fourth-order valence-corrected chi connectivity index (χ4v) is 2.29. The van der Waals surface area contributed by atoms with Gasteiger partial charge in [-0.15, -0.1) is 0 Å². The third kappa shape index (κ3) is 3.29. The van der Waals surface area contributed by atoms with Crippen LogP contribution < -0.4 is 10.1 Å². The molecule has 4 nitrogen and oxygen atoms in total. The molecule has 1 unspecified atom stereocenters. The maximum absolute atomic E-state index is 14.1. The highest BCUT2D eigenvalue weighted by Crippen LogP contribution is 2.20. The van der Waals surface area contributed by atoms with Crippen LogP contribution in [0.3, 0.4) is 0 Å². The lowest BCUT2D eigenvalue weighted by Crippen LogP contribution is -2.36. The Morgan fingerprint density at radius 1 is 1.53 bits per heavy atom. The number of carbonyl (C=O) groups is 1. The number of ether oxygens (including phenoxy) is 1. The molecule has 1 aliphatic heterocycles. The van der Waals surface area contributed by atoms with E-state index in [1.54, 1.807) is 6.92 Å². The summed E-state index contributed by atoms with van der Waals surface area (Å²) in [5.74, 6) is -0.954. The highest BCUT2D eigenvalue weighted by molar-refractivity contribution is 6.00. The second kappa shape index (κ2) is 6.61. The average molecular weight is 266 g/mol. The van der Waals surface area contributed by atoms with Crippen LogP contribution in [0, 0.1) is 5.82 Å². The van der Waals surface area contributed by atoms with Gasteiger partial charge in [-0.2, -0.15) is 0 Å². The van der Waals surface area contributed by atoms with Crippen molar-refractivity contribution in [2.24, 2.45) is 0 Å². The fourth-order valence-electron chi connectivity index (χ4n) is 2.29. The summed E-state index contributed by atoms with van der Waals surface area (Å²) >= 11 is 0. The highest BCUT2D eigenvalue weighted by Gasteiger charge is 2.25. The van der Waals surface area contributed by atoms with E-state index in [1.165, 1.54) is 12.3 Å². The van der Waals surface area contributed by atoms with Crippen LogP contribution in [-0.4, -0.2) is 30.0 Å². The molecule has 1 atom stereocenters. The lowest BCUT2D eigenvalue weighted by Gasteiger charge is -2.15. The lowest BCUT2D eigenvalue weighted by molar-refractivity contribution is 0.0935. The molecule has 19 heavy (non-hydrogen) atoms. The Hall–Kier alpha value is -1.49. The number of aromatic nitrogens is 1. The summed E-state index contributed by atoms with van der Waals surface area (Å²) in [5.41, 5.74) is 0.0675. The Labute approximate surface area is 112 Å². The number of ketones is 1. The summed E-state index contributed by atoms with van der Waals surface area (Å²) in [6.45, 7) is 2.88. The van der Waals surface area contributed by atoms with Crippen molar-refractivity contribution in [2.75, 3.05) is 13.2 Å². The van der Waals surface area contributed by atoms with Crippen LogP contribution in [0.5, 0.6) is 5.88 Å². The highest BCUT2D eigenvalue weighted by atomic mass is 19.1. The Morgan fingerprint density at radius 2 is 2.37 bits per heavy atom. The zero-order valence-corrected chi connectivity index (χ0v) is 11.1. The Bertz CT molecular complexity index is 443. The van der Waals surface area contributed by atoms with Gasteiger partial charge >= 0.3 is 0 Å². The maximum atomic E-state index is 14.1. The lowest BCUT2D eigenvalue weighted by atomic mass is 10.0. The Morgan fingerprint density at radius 3 is 3.16 bits per heavy atom. The molecule has 2 heterocycles. The first-order chi connectivity index (χ1) is 9.24. The number of rotatable bonds is 4. The standard InChI is InChI=1S/C14H19FN2O2/c1-2-19-14-12(15)10(7-9-17-14)13(18)11-6-4-3-5-8-16-11/h7,9,11,16H,2-6,8H2,1H3. The molecule has 0 aromatic carbocycles. The molecule has 0 spiro atoms. The molecule has 1 aromatic heterocycles. The third-order valence-corrected chi connectivity index (χ3v) is 3.28. The average Bonchev–Trinajstić information content (AvgIpc) is 2.69. The minimum absolute atomic E-state index is 0.0675. The molecule has 5 heteroatoms. The normalized spacial score (nSPS) is 19.8. The van der Waals surface area contributed by atoms with Gasteiger partial charge < -0.3 is 10.1 Å². The first-order valence-corrected chi connectivity index (χ1v) is 6.79. The van der Waals surface area contributed by atoms with Gasteiger partial charge in [0.1, 0.15) is 0 Å². The molecule has 1 N–H and O–H groups in total. The third-order valence-electron chi connectivity index (χ3n) is 3.28. The van der Waals surface area contributed by atoms with E-state index >= 15 is 0 Å². The summed E-state index contributed by atoms with van der Waals surface area (Å²) in [6, 6.07) is 1.13. The zero-order chi connectivity index (χ0) is 13.7. The van der Waals surface area contributed by atoms with E-state index in [0.29, 0.717) is 6.61 Å². The predicted molar refractivity (Wildman–Crippen MR) is 70.0 cm³/mol. The van der Waals surface area contributed by atoms with E-state index in [2.05, 4.69) is 10.3 Å². The van der Waals surface area contributed by atoms with Gasteiger partial charge in [-0.05, 0) is 32.4 Å². The molecule has 2 rings (SSSR count). The van der Waals surface area contributed by atoms with Gasteiger partial charge in [0, 0.05) is 6.20 Å². The van der Waals surface area contributed by atoms with Crippen molar-refractivity contribution in [1.82, 2.24) is 10.3 Å². The van der Waals surface area contributed by atoms with Gasteiger partial charge in [-0.25, -0.2) is 9.37 Å². The van der Waals surface area contributed by atoms with Crippen LogP contribution in [0.4, 0.5) is 4.39 Å². The van der Waals surface area contributed by atoms with Crippen molar-refractivity contribution < 1.29 is 13.9 Å². The van der Waals surface area contributed by atoms with Crippen LogP contribution in [0.2, 0.25) is 0 Å². The molecule has 1 aromatic rings. The van der Waals surface area contributed by atoms with Gasteiger partial charge in [-0.3, -0.25) is 4.79 Å².